The molecule has 0 bridgehead atoms. The molecule has 2 amide bonds. The number of hydrogen-bond donors (Lipinski definition) is 6. The van der Waals surface area contributed by atoms with Crippen molar-refractivity contribution in [2.45, 2.75) is 62.5 Å². The van der Waals surface area contributed by atoms with E-state index in [2.05, 4.69) is 5.32 Å². The second kappa shape index (κ2) is 12.1. The van der Waals surface area contributed by atoms with Gasteiger partial charge in [-0.25, -0.2) is 4.79 Å². The Morgan fingerprint density at radius 1 is 1.20 bits per heavy atom. The van der Waals surface area contributed by atoms with Crippen LogP contribution in [0.15, 0.2) is 58.0 Å². The van der Waals surface area contributed by atoms with Gasteiger partial charge in [0.2, 0.25) is 12.2 Å². The molecule has 1 aromatic heterocycles. The monoisotopic (exact) mass is 562 g/mol. The SMILES string of the molecule is CCc1cccc(NC(=O)C2=C[C@H](O)C(O)[C@@H](O[C@@H](C(N)=O)[C@H]3O[C@@H](n4ccc(=O)[nH]c4=O)[C@H](O)[C@@H]3OC)O2)c1. The summed E-state index contributed by atoms with van der Waals surface area (Å²) in [5.74, 6) is -2.29. The van der Waals surface area contributed by atoms with Crippen molar-refractivity contribution in [2.24, 2.45) is 5.73 Å². The molecule has 0 radical (unpaired) electrons. The van der Waals surface area contributed by atoms with E-state index in [-0.39, 0.29) is 0 Å². The van der Waals surface area contributed by atoms with Crippen molar-refractivity contribution in [1.82, 2.24) is 9.55 Å². The molecule has 0 spiro atoms. The van der Waals surface area contributed by atoms with Crippen LogP contribution in [0.4, 0.5) is 5.69 Å². The molecule has 15 heteroatoms. The predicted molar refractivity (Wildman–Crippen MR) is 136 cm³/mol. The number of ether oxygens (including phenoxy) is 4. The quantitative estimate of drug-likeness (QED) is 0.193. The van der Waals surface area contributed by atoms with Crippen LogP contribution in [0.25, 0.3) is 0 Å². The fraction of sp³-hybridized carbons (Fsp3) is 0.440. The van der Waals surface area contributed by atoms with Gasteiger partial charge in [-0.1, -0.05) is 19.1 Å². The highest BCUT2D eigenvalue weighted by Crippen LogP contribution is 2.34. The lowest BCUT2D eigenvalue weighted by Crippen LogP contribution is -2.53. The van der Waals surface area contributed by atoms with Gasteiger partial charge in [0.05, 0.1) is 0 Å². The smallest absolute Gasteiger partial charge is 0.330 e. The van der Waals surface area contributed by atoms with Crippen LogP contribution in [-0.2, 0) is 35.0 Å². The van der Waals surface area contributed by atoms with Crippen LogP contribution in [0.1, 0.15) is 18.7 Å². The van der Waals surface area contributed by atoms with Crippen LogP contribution in [-0.4, -0.2) is 86.7 Å². The number of nitrogens with two attached hydrogens (primary N) is 1. The third-order valence-electron chi connectivity index (χ3n) is 6.52. The highest BCUT2D eigenvalue weighted by Gasteiger charge is 2.52. The van der Waals surface area contributed by atoms with Crippen molar-refractivity contribution >= 4 is 17.5 Å². The van der Waals surface area contributed by atoms with E-state index in [0.29, 0.717) is 5.69 Å². The average molecular weight is 563 g/mol. The van der Waals surface area contributed by atoms with E-state index in [9.17, 15) is 34.5 Å². The lowest BCUT2D eigenvalue weighted by Gasteiger charge is -2.35. The number of nitrogens with zero attached hydrogens (tertiary/aromatic N) is 1. The summed E-state index contributed by atoms with van der Waals surface area (Å²) < 4.78 is 23.0. The van der Waals surface area contributed by atoms with E-state index in [1.54, 1.807) is 18.2 Å². The number of amides is 2. The first-order valence-electron chi connectivity index (χ1n) is 12.3. The third kappa shape index (κ3) is 5.99. The van der Waals surface area contributed by atoms with Gasteiger partial charge in [0.1, 0.15) is 30.5 Å². The number of hydrogen-bond acceptors (Lipinski definition) is 11. The first-order chi connectivity index (χ1) is 19.0. The van der Waals surface area contributed by atoms with Gasteiger partial charge in [-0.15, -0.1) is 0 Å². The number of nitrogens with one attached hydrogen (secondary N) is 2. The number of methoxy groups -OCH3 is 1. The summed E-state index contributed by atoms with van der Waals surface area (Å²) in [7, 11) is 1.20. The van der Waals surface area contributed by atoms with E-state index in [0.717, 1.165) is 34.9 Å². The number of carbonyl (C=O) groups excluding carboxylic acids is 2. The molecule has 2 aliphatic heterocycles. The molecule has 0 saturated carbocycles. The van der Waals surface area contributed by atoms with Crippen LogP contribution in [0.3, 0.4) is 0 Å². The molecule has 1 fully saturated rings. The Balaban J connectivity index is 1.54. The van der Waals surface area contributed by atoms with Crippen LogP contribution >= 0.6 is 0 Å². The zero-order valence-corrected chi connectivity index (χ0v) is 21.5. The number of primary amides is 1. The van der Waals surface area contributed by atoms with Gasteiger partial charge in [-0.3, -0.25) is 23.9 Å². The molecule has 3 heterocycles. The number of aliphatic hydroxyl groups excluding tert-OH is 3. The fourth-order valence-electron chi connectivity index (χ4n) is 4.45. The summed E-state index contributed by atoms with van der Waals surface area (Å²) in [4.78, 5) is 51.0. The normalized spacial score (nSPS) is 28.8. The maximum atomic E-state index is 12.9. The summed E-state index contributed by atoms with van der Waals surface area (Å²) in [6, 6.07) is 8.07. The summed E-state index contributed by atoms with van der Waals surface area (Å²) >= 11 is 0. The lowest BCUT2D eigenvalue weighted by molar-refractivity contribution is -0.241. The number of rotatable bonds is 9. The predicted octanol–water partition coefficient (Wildman–Crippen LogP) is -2.16. The first-order valence-corrected chi connectivity index (χ1v) is 12.3. The Morgan fingerprint density at radius 2 is 1.95 bits per heavy atom. The largest absolute Gasteiger partial charge is 0.456 e. The number of benzene rings is 1. The van der Waals surface area contributed by atoms with E-state index in [1.807, 2.05) is 18.0 Å². The molecule has 40 heavy (non-hydrogen) atoms. The molecule has 1 unspecified atom stereocenters. The number of aromatic nitrogens is 2. The van der Waals surface area contributed by atoms with Gasteiger partial charge in [0.25, 0.3) is 11.5 Å². The maximum absolute atomic E-state index is 12.9. The number of anilines is 1. The lowest BCUT2D eigenvalue weighted by atomic mass is 10.0. The topological polar surface area (TPSA) is 225 Å². The molecule has 7 N–H and O–H groups in total. The molecular weight excluding hydrogens is 532 g/mol. The highest BCUT2D eigenvalue weighted by molar-refractivity contribution is 6.02. The Kier molecular flexibility index (Phi) is 8.82. The fourth-order valence-corrected chi connectivity index (χ4v) is 4.45. The highest BCUT2D eigenvalue weighted by atomic mass is 16.7. The molecule has 0 aliphatic carbocycles. The Morgan fingerprint density at radius 3 is 2.60 bits per heavy atom. The van der Waals surface area contributed by atoms with Gasteiger partial charge in [0, 0.05) is 25.1 Å². The Bertz CT molecular complexity index is 1390. The number of H-pyrrole nitrogens is 1. The molecule has 216 valence electrons. The van der Waals surface area contributed by atoms with Crippen LogP contribution in [0.5, 0.6) is 0 Å². The zero-order chi connectivity index (χ0) is 29.1. The molecule has 4 rings (SSSR count). The molecule has 8 atom stereocenters. The molecule has 2 aliphatic rings. The minimum absolute atomic E-state index is 0.402. The first kappa shape index (κ1) is 29.1. The minimum atomic E-state index is -1.78. The minimum Gasteiger partial charge on any atom is -0.456 e. The van der Waals surface area contributed by atoms with E-state index < -0.39 is 78.0 Å². The van der Waals surface area contributed by atoms with Gasteiger partial charge in [-0.2, -0.15) is 0 Å². The number of aryl methyl sites for hydroxylation is 1. The summed E-state index contributed by atoms with van der Waals surface area (Å²) in [6.45, 7) is 1.95. The summed E-state index contributed by atoms with van der Waals surface area (Å²) in [5, 5.41) is 34.3. The zero-order valence-electron chi connectivity index (χ0n) is 21.5. The number of carbonyl (C=O) groups is 2. The van der Waals surface area contributed by atoms with Crippen LogP contribution in [0.2, 0.25) is 0 Å². The van der Waals surface area contributed by atoms with E-state index in [1.165, 1.54) is 7.11 Å². The van der Waals surface area contributed by atoms with E-state index >= 15 is 0 Å². The molecular formula is C25H30N4O11. The number of aromatic amines is 1. The van der Waals surface area contributed by atoms with Crippen molar-refractivity contribution in [3.05, 3.63) is 74.8 Å². The standard InChI is InChI=1S/C25H30N4O11/c1-3-11-5-4-6-12(9-11)27-22(35)14-10-13(30)16(32)24(38-14)40-20(21(26)34)19-18(37-2)17(33)23(39-19)29-8-7-15(31)28-25(29)36/h4-10,13,16-20,23-24,30,32-33H,3H2,1-2H3,(H2,26,34)(H,27,35)(H,28,31,36)/t13-,16?,17+,18-,19-,20+,23+,24+/m0/s1. The van der Waals surface area contributed by atoms with Crippen molar-refractivity contribution < 1.29 is 43.9 Å². The molecule has 2 aromatic rings. The average Bonchev–Trinajstić information content (AvgIpc) is 3.24. The summed E-state index contributed by atoms with van der Waals surface area (Å²) in [5.41, 5.74) is 5.39. The summed E-state index contributed by atoms with van der Waals surface area (Å²) in [6.07, 6.45) is -9.83. The van der Waals surface area contributed by atoms with Gasteiger partial charge in [0.15, 0.2) is 18.1 Å². The van der Waals surface area contributed by atoms with Crippen molar-refractivity contribution in [2.75, 3.05) is 12.4 Å². The molecule has 1 saturated heterocycles. The molecule has 15 nitrogen and oxygen atoms in total. The molecule has 1 aromatic carbocycles. The van der Waals surface area contributed by atoms with E-state index in [4.69, 9.17) is 24.7 Å². The van der Waals surface area contributed by atoms with Crippen molar-refractivity contribution in [1.29, 1.82) is 0 Å². The van der Waals surface area contributed by atoms with Crippen molar-refractivity contribution in [3.63, 3.8) is 0 Å². The second-order valence-corrected chi connectivity index (χ2v) is 9.17. The number of aliphatic hydroxyl groups is 3. The van der Waals surface area contributed by atoms with Crippen LogP contribution in [0, 0.1) is 0 Å². The van der Waals surface area contributed by atoms with Gasteiger partial charge in [-0.05, 0) is 30.2 Å². The third-order valence-corrected chi connectivity index (χ3v) is 6.52. The van der Waals surface area contributed by atoms with Gasteiger partial charge < -0.3 is 45.3 Å². The van der Waals surface area contributed by atoms with Gasteiger partial charge >= 0.3 is 5.69 Å². The van der Waals surface area contributed by atoms with Crippen molar-refractivity contribution in [3.8, 4) is 0 Å². The maximum Gasteiger partial charge on any atom is 0.330 e. The Labute approximate surface area is 226 Å². The second-order valence-electron chi connectivity index (χ2n) is 9.17. The van der Waals surface area contributed by atoms with Crippen LogP contribution < -0.4 is 22.3 Å². The Hall–Kier alpha value is -3.86.